The summed E-state index contributed by atoms with van der Waals surface area (Å²) in [6, 6.07) is 22.1. The number of carbonyl (C=O) groups is 1. The van der Waals surface area contributed by atoms with E-state index in [9.17, 15) is 13.2 Å². The van der Waals surface area contributed by atoms with Crippen molar-refractivity contribution in [3.05, 3.63) is 89.5 Å². The fourth-order valence-electron chi connectivity index (χ4n) is 5.06. The van der Waals surface area contributed by atoms with E-state index in [4.69, 9.17) is 4.98 Å². The zero-order chi connectivity index (χ0) is 26.2. The van der Waals surface area contributed by atoms with Crippen LogP contribution in [-0.2, 0) is 16.6 Å². The summed E-state index contributed by atoms with van der Waals surface area (Å²) in [6.07, 6.45) is 1.03. The van der Waals surface area contributed by atoms with E-state index < -0.39 is 10.0 Å². The van der Waals surface area contributed by atoms with E-state index in [0.717, 1.165) is 27.8 Å². The predicted octanol–water partition coefficient (Wildman–Crippen LogP) is 6.12. The minimum atomic E-state index is -3.62. The predicted molar refractivity (Wildman–Crippen MR) is 149 cm³/mol. The number of aryl methyl sites for hydroxylation is 1. The minimum absolute atomic E-state index is 0.218. The molecule has 1 saturated heterocycles. The third-order valence-electron chi connectivity index (χ3n) is 6.84. The first kappa shape index (κ1) is 25.6. The number of rotatable bonds is 6. The van der Waals surface area contributed by atoms with Gasteiger partial charge >= 0.3 is 0 Å². The van der Waals surface area contributed by atoms with Gasteiger partial charge in [-0.25, -0.2) is 13.4 Å². The van der Waals surface area contributed by atoms with Gasteiger partial charge in [-0.05, 0) is 66.6 Å². The number of benzene rings is 3. The molecular weight excluding hydrogens is 502 g/mol. The summed E-state index contributed by atoms with van der Waals surface area (Å²) in [4.78, 5) is 20.5. The summed E-state index contributed by atoms with van der Waals surface area (Å²) in [5, 5.41) is 0.617. The molecule has 1 fully saturated rings. The molecule has 4 aromatic rings. The summed E-state index contributed by atoms with van der Waals surface area (Å²) < 4.78 is 29.2. The Labute approximate surface area is 222 Å². The number of piperidine rings is 1. The quantitative estimate of drug-likeness (QED) is 0.299. The van der Waals surface area contributed by atoms with E-state index in [0.29, 0.717) is 42.2 Å². The molecule has 2 atom stereocenters. The average Bonchev–Trinajstić information content (AvgIpc) is 3.32. The SMILES string of the molecule is Cc1cccc2sc(N(Cc3ccccc3)C(=O)c3ccc(S(=O)(=O)N4CC(C)CC(C)C4)cc3)nc12. The Morgan fingerprint density at radius 2 is 1.65 bits per heavy atom. The van der Waals surface area contributed by atoms with Gasteiger partial charge in [0.05, 0.1) is 21.7 Å². The molecule has 0 N–H and O–H groups in total. The monoisotopic (exact) mass is 533 g/mol. The normalized spacial score (nSPS) is 18.7. The van der Waals surface area contributed by atoms with Crippen molar-refractivity contribution in [2.75, 3.05) is 18.0 Å². The molecule has 0 saturated carbocycles. The van der Waals surface area contributed by atoms with Crippen LogP contribution in [0.2, 0.25) is 0 Å². The second-order valence-corrected chi connectivity index (χ2v) is 13.0. The van der Waals surface area contributed by atoms with E-state index >= 15 is 0 Å². The van der Waals surface area contributed by atoms with Crippen LogP contribution >= 0.6 is 11.3 Å². The Balaban J connectivity index is 1.46. The van der Waals surface area contributed by atoms with E-state index in [1.807, 2.05) is 55.5 Å². The lowest BCUT2D eigenvalue weighted by molar-refractivity contribution is 0.0985. The zero-order valence-electron chi connectivity index (χ0n) is 21.3. The molecule has 1 aliphatic heterocycles. The van der Waals surface area contributed by atoms with Crippen molar-refractivity contribution in [1.82, 2.24) is 9.29 Å². The number of fused-ring (bicyclic) bond motifs is 1. The maximum Gasteiger partial charge on any atom is 0.260 e. The molecule has 192 valence electrons. The van der Waals surface area contributed by atoms with Gasteiger partial charge in [0, 0.05) is 18.7 Å². The van der Waals surface area contributed by atoms with Gasteiger partial charge in [0.1, 0.15) is 0 Å². The first-order chi connectivity index (χ1) is 17.7. The maximum atomic E-state index is 13.8. The molecule has 37 heavy (non-hydrogen) atoms. The summed E-state index contributed by atoms with van der Waals surface area (Å²) in [7, 11) is -3.62. The molecule has 1 amide bonds. The van der Waals surface area contributed by atoms with Gasteiger partial charge in [-0.2, -0.15) is 4.31 Å². The van der Waals surface area contributed by atoms with Gasteiger partial charge < -0.3 is 0 Å². The van der Waals surface area contributed by atoms with Crippen LogP contribution in [0.25, 0.3) is 10.2 Å². The molecule has 3 aromatic carbocycles. The topological polar surface area (TPSA) is 70.6 Å². The Morgan fingerprint density at radius 3 is 2.30 bits per heavy atom. The van der Waals surface area contributed by atoms with Crippen LogP contribution in [0, 0.1) is 18.8 Å². The Morgan fingerprint density at radius 1 is 0.973 bits per heavy atom. The Kier molecular flexibility index (Phi) is 7.16. The van der Waals surface area contributed by atoms with Crippen molar-refractivity contribution >= 4 is 42.6 Å². The molecule has 1 aliphatic rings. The Bertz CT molecular complexity index is 1510. The van der Waals surface area contributed by atoms with Crippen LogP contribution < -0.4 is 4.90 Å². The lowest BCUT2D eigenvalue weighted by Crippen LogP contribution is -2.42. The lowest BCUT2D eigenvalue weighted by atomic mass is 9.94. The highest BCUT2D eigenvalue weighted by molar-refractivity contribution is 7.89. The van der Waals surface area contributed by atoms with Crippen LogP contribution in [0.5, 0.6) is 0 Å². The maximum absolute atomic E-state index is 13.8. The first-order valence-electron chi connectivity index (χ1n) is 12.5. The zero-order valence-corrected chi connectivity index (χ0v) is 22.9. The summed E-state index contributed by atoms with van der Waals surface area (Å²) in [5.74, 6) is 0.427. The number of thiazole rings is 1. The number of nitrogens with zero attached hydrogens (tertiary/aromatic N) is 3. The van der Waals surface area contributed by atoms with Crippen LogP contribution in [0.4, 0.5) is 5.13 Å². The summed E-state index contributed by atoms with van der Waals surface area (Å²) >= 11 is 1.48. The number of amides is 1. The number of hydrogen-bond acceptors (Lipinski definition) is 5. The second-order valence-electron chi connectivity index (χ2n) is 10.1. The van der Waals surface area contributed by atoms with E-state index in [-0.39, 0.29) is 10.8 Å². The largest absolute Gasteiger partial charge is 0.279 e. The van der Waals surface area contributed by atoms with E-state index in [1.165, 1.54) is 11.3 Å². The summed E-state index contributed by atoms with van der Waals surface area (Å²) in [6.45, 7) is 7.60. The van der Waals surface area contributed by atoms with Crippen molar-refractivity contribution in [3.8, 4) is 0 Å². The van der Waals surface area contributed by atoms with Gasteiger partial charge in [0.15, 0.2) is 5.13 Å². The molecule has 0 bridgehead atoms. The molecule has 8 heteroatoms. The van der Waals surface area contributed by atoms with Crippen LogP contribution in [0.3, 0.4) is 0 Å². The molecule has 0 aliphatic carbocycles. The minimum Gasteiger partial charge on any atom is -0.279 e. The average molecular weight is 534 g/mol. The molecule has 6 nitrogen and oxygen atoms in total. The number of hydrogen-bond donors (Lipinski definition) is 0. The number of sulfonamides is 1. The molecule has 1 aromatic heterocycles. The number of para-hydroxylation sites is 1. The van der Waals surface area contributed by atoms with Crippen LogP contribution in [-0.4, -0.2) is 36.7 Å². The fourth-order valence-corrected chi connectivity index (χ4v) is 7.78. The molecule has 0 spiro atoms. The van der Waals surface area contributed by atoms with Crippen molar-refractivity contribution in [2.24, 2.45) is 11.8 Å². The third-order valence-corrected chi connectivity index (χ3v) is 9.73. The number of anilines is 1. The van der Waals surface area contributed by atoms with Gasteiger partial charge in [0.2, 0.25) is 10.0 Å². The highest BCUT2D eigenvalue weighted by atomic mass is 32.2. The Hall–Kier alpha value is -3.07. The van der Waals surface area contributed by atoms with Crippen LogP contribution in [0.15, 0.2) is 77.7 Å². The molecule has 0 radical (unpaired) electrons. The molecule has 2 unspecified atom stereocenters. The van der Waals surface area contributed by atoms with E-state index in [2.05, 4.69) is 13.8 Å². The van der Waals surface area contributed by atoms with Crippen molar-refractivity contribution < 1.29 is 13.2 Å². The number of aromatic nitrogens is 1. The first-order valence-corrected chi connectivity index (χ1v) is 14.8. The smallest absolute Gasteiger partial charge is 0.260 e. The van der Waals surface area contributed by atoms with Crippen LogP contribution in [0.1, 0.15) is 41.8 Å². The fraction of sp³-hybridized carbons (Fsp3) is 0.310. The van der Waals surface area contributed by atoms with Gasteiger partial charge in [-0.3, -0.25) is 9.69 Å². The van der Waals surface area contributed by atoms with Gasteiger partial charge in [-0.15, -0.1) is 0 Å². The lowest BCUT2D eigenvalue weighted by Gasteiger charge is -2.34. The molecular formula is C29H31N3O3S2. The molecule has 2 heterocycles. The standard InChI is InChI=1S/C29H31N3O3S2/c1-20-16-21(2)18-31(17-20)37(34,35)25-14-12-24(13-15-25)28(33)32(19-23-9-5-4-6-10-23)29-30-27-22(3)8-7-11-26(27)36-29/h4-15,20-21H,16-19H2,1-3H3. The highest BCUT2D eigenvalue weighted by Crippen LogP contribution is 2.33. The van der Waals surface area contributed by atoms with E-state index in [1.54, 1.807) is 33.5 Å². The second kappa shape index (κ2) is 10.4. The molecule has 5 rings (SSSR count). The van der Waals surface area contributed by atoms with Gasteiger partial charge in [-0.1, -0.05) is 67.6 Å². The highest BCUT2D eigenvalue weighted by Gasteiger charge is 2.32. The van der Waals surface area contributed by atoms with Crippen molar-refractivity contribution in [2.45, 2.75) is 38.6 Å². The summed E-state index contributed by atoms with van der Waals surface area (Å²) in [5.41, 5.74) is 3.36. The number of carbonyl (C=O) groups excluding carboxylic acids is 1. The van der Waals surface area contributed by atoms with Gasteiger partial charge in [0.25, 0.3) is 5.91 Å². The third kappa shape index (κ3) is 5.32. The van der Waals surface area contributed by atoms with Crippen molar-refractivity contribution in [1.29, 1.82) is 0 Å². The van der Waals surface area contributed by atoms with Crippen molar-refractivity contribution in [3.63, 3.8) is 0 Å².